The van der Waals surface area contributed by atoms with E-state index in [4.69, 9.17) is 9.47 Å². The highest BCUT2D eigenvalue weighted by atomic mass is 19.2. The fourth-order valence-electron chi connectivity index (χ4n) is 5.41. The third-order valence-corrected chi connectivity index (χ3v) is 7.87. The van der Waals surface area contributed by atoms with Crippen molar-refractivity contribution < 1.29 is 27.0 Å². The molecule has 0 aromatic heterocycles. The van der Waals surface area contributed by atoms with Crippen molar-refractivity contribution in [3.05, 3.63) is 89.5 Å². The molecule has 0 N–H and O–H groups in total. The molecule has 0 aliphatic carbocycles. The van der Waals surface area contributed by atoms with E-state index in [1.165, 1.54) is 12.1 Å². The third kappa shape index (κ3) is 7.79. The van der Waals surface area contributed by atoms with Crippen molar-refractivity contribution in [2.45, 2.75) is 83.7 Å². The number of benzene rings is 3. The van der Waals surface area contributed by atoms with Gasteiger partial charge in [-0.25, -0.2) is 13.2 Å². The highest BCUT2D eigenvalue weighted by Crippen LogP contribution is 2.36. The first-order valence-electron chi connectivity index (χ1n) is 14.9. The van der Waals surface area contributed by atoms with Crippen LogP contribution in [0.1, 0.15) is 83.1 Å². The molecular formula is C35H40F4O2. The molecule has 41 heavy (non-hydrogen) atoms. The molecule has 0 saturated carbocycles. The van der Waals surface area contributed by atoms with E-state index in [1.54, 1.807) is 36.4 Å². The van der Waals surface area contributed by atoms with Gasteiger partial charge in [0, 0.05) is 17.0 Å². The molecule has 0 radical (unpaired) electrons. The lowest BCUT2D eigenvalue weighted by Crippen LogP contribution is -2.25. The Morgan fingerprint density at radius 1 is 0.780 bits per heavy atom. The summed E-state index contributed by atoms with van der Waals surface area (Å²) in [5.41, 5.74) is 1.40. The van der Waals surface area contributed by atoms with Crippen LogP contribution in [-0.2, 0) is 4.74 Å². The topological polar surface area (TPSA) is 18.5 Å². The van der Waals surface area contributed by atoms with Crippen LogP contribution in [0.15, 0.2) is 60.7 Å². The van der Waals surface area contributed by atoms with Gasteiger partial charge in [0.25, 0.3) is 0 Å². The Bertz CT molecular complexity index is 1290. The van der Waals surface area contributed by atoms with Gasteiger partial charge in [0.05, 0.1) is 19.3 Å². The first-order valence-corrected chi connectivity index (χ1v) is 14.9. The van der Waals surface area contributed by atoms with Crippen LogP contribution in [0.2, 0.25) is 0 Å². The van der Waals surface area contributed by atoms with Gasteiger partial charge in [0.2, 0.25) is 5.82 Å². The summed E-state index contributed by atoms with van der Waals surface area (Å²) in [6.07, 6.45) is 12.9. The molecule has 2 unspecified atom stereocenters. The molecule has 220 valence electrons. The number of allylic oxidation sites excluding steroid dienone is 2. The molecule has 0 amide bonds. The average molecular weight is 569 g/mol. The van der Waals surface area contributed by atoms with Crippen molar-refractivity contribution >= 4 is 0 Å². The van der Waals surface area contributed by atoms with E-state index < -0.39 is 23.3 Å². The van der Waals surface area contributed by atoms with Gasteiger partial charge in [-0.1, -0.05) is 81.2 Å². The lowest BCUT2D eigenvalue weighted by molar-refractivity contribution is -0.000894. The fourth-order valence-corrected chi connectivity index (χ4v) is 5.41. The summed E-state index contributed by atoms with van der Waals surface area (Å²) in [5.74, 6) is -4.10. The normalized spacial score (nSPS) is 17.3. The fraction of sp³-hybridized carbons (Fsp3) is 0.429. The van der Waals surface area contributed by atoms with Crippen molar-refractivity contribution in [3.63, 3.8) is 0 Å². The summed E-state index contributed by atoms with van der Waals surface area (Å²) in [5, 5.41) is 0. The van der Waals surface area contributed by atoms with Crippen LogP contribution in [-0.4, -0.2) is 19.3 Å². The predicted molar refractivity (Wildman–Crippen MR) is 157 cm³/mol. The molecule has 0 spiro atoms. The molecule has 6 heteroatoms. The summed E-state index contributed by atoms with van der Waals surface area (Å²) in [7, 11) is 0. The lowest BCUT2D eigenvalue weighted by Gasteiger charge is -2.29. The molecule has 2 atom stereocenters. The minimum absolute atomic E-state index is 0.0765. The van der Waals surface area contributed by atoms with Gasteiger partial charge in [-0.15, -0.1) is 0 Å². The first-order chi connectivity index (χ1) is 19.9. The van der Waals surface area contributed by atoms with E-state index in [0.29, 0.717) is 29.9 Å². The van der Waals surface area contributed by atoms with Gasteiger partial charge in [-0.3, -0.25) is 0 Å². The van der Waals surface area contributed by atoms with E-state index in [-0.39, 0.29) is 28.9 Å². The largest absolute Gasteiger partial charge is 0.490 e. The Kier molecular flexibility index (Phi) is 11.4. The van der Waals surface area contributed by atoms with Crippen molar-refractivity contribution in [2.24, 2.45) is 0 Å². The quantitative estimate of drug-likeness (QED) is 0.116. The maximum Gasteiger partial charge on any atom is 0.201 e. The summed E-state index contributed by atoms with van der Waals surface area (Å²) in [6.45, 7) is 4.82. The van der Waals surface area contributed by atoms with E-state index in [1.807, 2.05) is 13.0 Å². The second-order valence-corrected chi connectivity index (χ2v) is 10.8. The second kappa shape index (κ2) is 15.2. The van der Waals surface area contributed by atoms with Gasteiger partial charge >= 0.3 is 0 Å². The highest BCUT2D eigenvalue weighted by Gasteiger charge is 2.27. The van der Waals surface area contributed by atoms with E-state index in [2.05, 4.69) is 13.0 Å². The minimum atomic E-state index is -1.03. The SMILES string of the molecule is C/C=C/CCC1CCC(c2ccc(-c3ccc(-c4ccc(OCCCCCCC)c(F)c4F)cc3)c(F)c2F)CO1. The molecular weight excluding hydrogens is 528 g/mol. The van der Waals surface area contributed by atoms with Crippen molar-refractivity contribution in [1.29, 1.82) is 0 Å². The van der Waals surface area contributed by atoms with Crippen molar-refractivity contribution in [1.82, 2.24) is 0 Å². The van der Waals surface area contributed by atoms with Crippen LogP contribution >= 0.6 is 0 Å². The molecule has 3 aromatic rings. The maximum atomic E-state index is 15.2. The maximum absolute atomic E-state index is 15.2. The van der Waals surface area contributed by atoms with Crippen molar-refractivity contribution in [3.8, 4) is 28.0 Å². The van der Waals surface area contributed by atoms with Gasteiger partial charge in [-0.2, -0.15) is 4.39 Å². The Balaban J connectivity index is 1.41. The van der Waals surface area contributed by atoms with Gasteiger partial charge in [-0.05, 0) is 67.9 Å². The van der Waals surface area contributed by atoms with Gasteiger partial charge in [0.1, 0.15) is 0 Å². The molecule has 1 aliphatic heterocycles. The Labute approximate surface area is 241 Å². The predicted octanol–water partition coefficient (Wildman–Crippen LogP) is 10.5. The number of unbranched alkanes of at least 4 members (excludes halogenated alkanes) is 4. The zero-order valence-corrected chi connectivity index (χ0v) is 24.0. The van der Waals surface area contributed by atoms with Gasteiger partial charge in [0.15, 0.2) is 23.2 Å². The second-order valence-electron chi connectivity index (χ2n) is 10.8. The van der Waals surface area contributed by atoms with Crippen LogP contribution in [0.3, 0.4) is 0 Å². The number of hydrogen-bond acceptors (Lipinski definition) is 2. The van der Waals surface area contributed by atoms with Crippen LogP contribution in [0, 0.1) is 23.3 Å². The van der Waals surface area contributed by atoms with Crippen LogP contribution in [0.5, 0.6) is 5.75 Å². The lowest BCUT2D eigenvalue weighted by atomic mass is 9.88. The summed E-state index contributed by atoms with van der Waals surface area (Å²) < 4.78 is 71.4. The van der Waals surface area contributed by atoms with Crippen molar-refractivity contribution in [2.75, 3.05) is 13.2 Å². The van der Waals surface area contributed by atoms with Crippen LogP contribution in [0.4, 0.5) is 17.6 Å². The minimum Gasteiger partial charge on any atom is -0.490 e. The van der Waals surface area contributed by atoms with E-state index >= 15 is 8.78 Å². The van der Waals surface area contributed by atoms with E-state index in [9.17, 15) is 8.78 Å². The molecule has 1 fully saturated rings. The first kappa shape index (κ1) is 30.8. The number of halogens is 4. The smallest absolute Gasteiger partial charge is 0.201 e. The third-order valence-electron chi connectivity index (χ3n) is 7.87. The highest BCUT2D eigenvalue weighted by molar-refractivity contribution is 5.72. The Morgan fingerprint density at radius 2 is 1.44 bits per heavy atom. The number of rotatable bonds is 13. The number of hydrogen-bond donors (Lipinski definition) is 0. The van der Waals surface area contributed by atoms with Crippen LogP contribution in [0.25, 0.3) is 22.3 Å². The Morgan fingerprint density at radius 3 is 2.07 bits per heavy atom. The standard InChI is InChI=1S/C35H40F4O2/c1-3-5-7-8-10-22-40-31-21-20-29(34(38)35(31)39)25-14-12-24(13-15-25)28-18-19-30(33(37)32(28)36)26-16-17-27(41-23-26)11-9-6-4-2/h4,6,12-15,18-21,26-27H,3,5,7-11,16-17,22-23H2,1-2H3/b6-4+. The monoisotopic (exact) mass is 568 g/mol. The summed E-state index contributed by atoms with van der Waals surface area (Å²) in [4.78, 5) is 0. The average Bonchev–Trinajstić information content (AvgIpc) is 2.99. The molecule has 0 bridgehead atoms. The summed E-state index contributed by atoms with van der Waals surface area (Å²) >= 11 is 0. The van der Waals surface area contributed by atoms with E-state index in [0.717, 1.165) is 57.8 Å². The zero-order chi connectivity index (χ0) is 29.2. The summed E-state index contributed by atoms with van der Waals surface area (Å²) in [6, 6.07) is 12.5. The molecule has 1 saturated heterocycles. The molecule has 4 rings (SSSR count). The number of ether oxygens (including phenoxy) is 2. The molecule has 2 nitrogen and oxygen atoms in total. The van der Waals surface area contributed by atoms with Gasteiger partial charge < -0.3 is 9.47 Å². The van der Waals surface area contributed by atoms with Crippen LogP contribution < -0.4 is 4.74 Å². The zero-order valence-electron chi connectivity index (χ0n) is 24.0. The molecule has 1 heterocycles. The molecule has 1 aliphatic rings. The Hall–Kier alpha value is -3.12. The molecule has 3 aromatic carbocycles.